The summed E-state index contributed by atoms with van der Waals surface area (Å²) >= 11 is 3.51. The number of benzene rings is 1. The molecule has 2 rings (SSSR count). The molecule has 0 aliphatic rings. The monoisotopic (exact) mass is 336 g/mol. The molecule has 2 atom stereocenters. The number of hydrogen-bond donors (Lipinski definition) is 1. The zero-order valence-electron chi connectivity index (χ0n) is 11.9. The molecule has 0 amide bonds. The van der Waals surface area contributed by atoms with E-state index in [0.29, 0.717) is 0 Å². The van der Waals surface area contributed by atoms with E-state index in [9.17, 15) is 0 Å². The van der Waals surface area contributed by atoms with Crippen LogP contribution in [0.3, 0.4) is 0 Å². The van der Waals surface area contributed by atoms with E-state index in [0.717, 1.165) is 23.2 Å². The molecule has 3 nitrogen and oxygen atoms in total. The number of halogens is 1. The molecule has 108 valence electrons. The average molecular weight is 337 g/mol. The zero-order chi connectivity index (χ0) is 14.5. The Kier molecular flexibility index (Phi) is 5.40. The predicted molar refractivity (Wildman–Crippen MR) is 85.3 cm³/mol. The first kappa shape index (κ1) is 15.3. The van der Waals surface area contributed by atoms with E-state index in [1.54, 1.807) is 6.26 Å². The fourth-order valence-electron chi connectivity index (χ4n) is 2.46. The summed E-state index contributed by atoms with van der Waals surface area (Å²) in [6.45, 7) is 2.94. The molecule has 1 heterocycles. The average Bonchev–Trinajstić information content (AvgIpc) is 2.92. The zero-order valence-corrected chi connectivity index (χ0v) is 13.5. The molecular weight excluding hydrogens is 316 g/mol. The van der Waals surface area contributed by atoms with Crippen molar-refractivity contribution in [3.63, 3.8) is 0 Å². The Balaban J connectivity index is 2.17. The first-order chi connectivity index (χ1) is 9.61. The summed E-state index contributed by atoms with van der Waals surface area (Å²) in [5.74, 6) is 0.928. The highest BCUT2D eigenvalue weighted by molar-refractivity contribution is 9.10. The molecule has 0 saturated carbocycles. The van der Waals surface area contributed by atoms with E-state index in [2.05, 4.69) is 53.0 Å². The van der Waals surface area contributed by atoms with Crippen LogP contribution in [0.15, 0.2) is 51.6 Å². The standard InChI is InChI=1S/C16H21BrN2O/c1-3-14(18)16(15-8-5-9-20-15)19(2)11-12-6-4-7-13(17)10-12/h4-10,14,16H,3,11,18H2,1-2H3. The second-order valence-corrected chi connectivity index (χ2v) is 5.99. The molecule has 2 aromatic rings. The van der Waals surface area contributed by atoms with Gasteiger partial charge in [0.1, 0.15) is 5.76 Å². The number of nitrogens with zero attached hydrogens (tertiary/aromatic N) is 1. The van der Waals surface area contributed by atoms with Gasteiger partial charge in [-0.3, -0.25) is 4.90 Å². The Bertz CT molecular complexity index is 527. The molecule has 0 spiro atoms. The summed E-state index contributed by atoms with van der Waals surface area (Å²) in [7, 11) is 2.09. The number of nitrogens with two attached hydrogens (primary N) is 1. The third kappa shape index (κ3) is 3.72. The lowest BCUT2D eigenvalue weighted by Crippen LogP contribution is -2.38. The Morgan fingerprint density at radius 1 is 1.30 bits per heavy atom. The summed E-state index contributed by atoms with van der Waals surface area (Å²) in [5.41, 5.74) is 7.53. The molecule has 0 fully saturated rings. The van der Waals surface area contributed by atoms with Gasteiger partial charge in [-0.15, -0.1) is 0 Å². The van der Waals surface area contributed by atoms with Crippen LogP contribution in [0.2, 0.25) is 0 Å². The molecule has 1 aromatic heterocycles. The molecule has 0 aliphatic carbocycles. The number of likely N-dealkylation sites (N-methyl/N-ethyl adjacent to an activating group) is 1. The van der Waals surface area contributed by atoms with Crippen LogP contribution < -0.4 is 5.73 Å². The van der Waals surface area contributed by atoms with Crippen molar-refractivity contribution in [3.05, 3.63) is 58.5 Å². The van der Waals surface area contributed by atoms with E-state index in [1.165, 1.54) is 5.56 Å². The van der Waals surface area contributed by atoms with E-state index in [4.69, 9.17) is 10.2 Å². The van der Waals surface area contributed by atoms with Gasteiger partial charge in [0.15, 0.2) is 0 Å². The van der Waals surface area contributed by atoms with Crippen LogP contribution in [-0.4, -0.2) is 18.0 Å². The van der Waals surface area contributed by atoms with Crippen LogP contribution in [0.1, 0.15) is 30.7 Å². The minimum atomic E-state index is 0.0540. The van der Waals surface area contributed by atoms with Crippen LogP contribution >= 0.6 is 15.9 Å². The Morgan fingerprint density at radius 3 is 2.70 bits per heavy atom. The fourth-order valence-corrected chi connectivity index (χ4v) is 2.91. The first-order valence-electron chi connectivity index (χ1n) is 6.85. The van der Waals surface area contributed by atoms with Gasteiger partial charge in [-0.1, -0.05) is 35.0 Å². The lowest BCUT2D eigenvalue weighted by atomic mass is 10.0. The van der Waals surface area contributed by atoms with Gasteiger partial charge in [-0.2, -0.15) is 0 Å². The second-order valence-electron chi connectivity index (χ2n) is 5.08. The van der Waals surface area contributed by atoms with Gasteiger partial charge in [0.2, 0.25) is 0 Å². The number of rotatable bonds is 6. The maximum atomic E-state index is 6.28. The highest BCUT2D eigenvalue weighted by atomic mass is 79.9. The summed E-state index contributed by atoms with van der Waals surface area (Å²) in [5, 5.41) is 0. The van der Waals surface area contributed by atoms with Gasteiger partial charge in [-0.05, 0) is 43.3 Å². The summed E-state index contributed by atoms with van der Waals surface area (Å²) in [4.78, 5) is 2.24. The van der Waals surface area contributed by atoms with Crippen LogP contribution in [0.4, 0.5) is 0 Å². The van der Waals surface area contributed by atoms with Crippen molar-refractivity contribution >= 4 is 15.9 Å². The quantitative estimate of drug-likeness (QED) is 0.868. The van der Waals surface area contributed by atoms with Gasteiger partial charge >= 0.3 is 0 Å². The van der Waals surface area contributed by atoms with Gasteiger partial charge in [-0.25, -0.2) is 0 Å². The van der Waals surface area contributed by atoms with E-state index in [1.807, 2.05) is 18.2 Å². The fraction of sp³-hybridized carbons (Fsp3) is 0.375. The molecule has 0 radical (unpaired) electrons. The molecule has 20 heavy (non-hydrogen) atoms. The Hall–Kier alpha value is -1.10. The SMILES string of the molecule is CCC(N)C(c1ccco1)N(C)Cc1cccc(Br)c1. The number of furan rings is 1. The Labute approximate surface area is 128 Å². The van der Waals surface area contributed by atoms with Crippen molar-refractivity contribution < 1.29 is 4.42 Å². The smallest absolute Gasteiger partial charge is 0.122 e. The Morgan fingerprint density at radius 2 is 2.10 bits per heavy atom. The predicted octanol–water partition coefficient (Wildman–Crippen LogP) is 3.95. The molecular formula is C16H21BrN2O. The minimum absolute atomic E-state index is 0.0540. The van der Waals surface area contributed by atoms with Gasteiger partial charge < -0.3 is 10.2 Å². The van der Waals surface area contributed by atoms with Crippen LogP contribution in [0, 0.1) is 0 Å². The lowest BCUT2D eigenvalue weighted by molar-refractivity contribution is 0.175. The normalized spacial score (nSPS) is 14.4. The third-order valence-electron chi connectivity index (χ3n) is 3.51. The van der Waals surface area contributed by atoms with E-state index in [-0.39, 0.29) is 12.1 Å². The van der Waals surface area contributed by atoms with Crippen LogP contribution in [-0.2, 0) is 6.54 Å². The van der Waals surface area contributed by atoms with E-state index >= 15 is 0 Å². The van der Waals surface area contributed by atoms with Crippen molar-refractivity contribution in [2.45, 2.75) is 32.0 Å². The van der Waals surface area contributed by atoms with Crippen molar-refractivity contribution in [1.29, 1.82) is 0 Å². The minimum Gasteiger partial charge on any atom is -0.468 e. The van der Waals surface area contributed by atoms with E-state index < -0.39 is 0 Å². The summed E-state index contributed by atoms with van der Waals surface area (Å²) in [6, 6.07) is 12.4. The molecule has 0 bridgehead atoms. The van der Waals surface area contributed by atoms with Crippen molar-refractivity contribution in [2.24, 2.45) is 5.73 Å². The molecule has 4 heteroatoms. The van der Waals surface area contributed by atoms with Gasteiger partial charge in [0.25, 0.3) is 0 Å². The molecule has 1 aromatic carbocycles. The van der Waals surface area contributed by atoms with Crippen molar-refractivity contribution in [3.8, 4) is 0 Å². The third-order valence-corrected chi connectivity index (χ3v) is 4.00. The first-order valence-corrected chi connectivity index (χ1v) is 7.64. The number of hydrogen-bond acceptors (Lipinski definition) is 3. The van der Waals surface area contributed by atoms with Crippen molar-refractivity contribution in [2.75, 3.05) is 7.05 Å². The topological polar surface area (TPSA) is 42.4 Å². The largest absolute Gasteiger partial charge is 0.468 e. The highest BCUT2D eigenvalue weighted by Gasteiger charge is 2.25. The maximum absolute atomic E-state index is 6.28. The molecule has 0 saturated heterocycles. The molecule has 2 unspecified atom stereocenters. The maximum Gasteiger partial charge on any atom is 0.122 e. The van der Waals surface area contributed by atoms with Crippen LogP contribution in [0.25, 0.3) is 0 Å². The van der Waals surface area contributed by atoms with Crippen molar-refractivity contribution in [1.82, 2.24) is 4.90 Å². The van der Waals surface area contributed by atoms with Gasteiger partial charge in [0.05, 0.1) is 12.3 Å². The summed E-state index contributed by atoms with van der Waals surface area (Å²) < 4.78 is 6.67. The second kappa shape index (κ2) is 7.07. The van der Waals surface area contributed by atoms with Gasteiger partial charge in [0, 0.05) is 17.1 Å². The van der Waals surface area contributed by atoms with Crippen LogP contribution in [0.5, 0.6) is 0 Å². The molecule has 0 aliphatic heterocycles. The molecule has 2 N–H and O–H groups in total. The summed E-state index contributed by atoms with van der Waals surface area (Å²) in [6.07, 6.45) is 2.62. The highest BCUT2D eigenvalue weighted by Crippen LogP contribution is 2.26. The lowest BCUT2D eigenvalue weighted by Gasteiger charge is -2.30.